The molecule has 0 spiro atoms. The molecule has 3 atom stereocenters. The van der Waals surface area contributed by atoms with Gasteiger partial charge in [-0.2, -0.15) is 5.26 Å². The van der Waals surface area contributed by atoms with Crippen molar-refractivity contribution in [1.29, 1.82) is 5.26 Å². The van der Waals surface area contributed by atoms with E-state index in [4.69, 9.17) is 14.2 Å². The molecule has 178 valence electrons. The van der Waals surface area contributed by atoms with Crippen LogP contribution in [0, 0.1) is 11.3 Å². The SMILES string of the molecule is CC(=O)O[C@H]1[C@H](NC(=O)[C@@H]2CCCN2C(=O)OC(C)(C)C)c2cc(C#N)ccc2OC1(C)C. The van der Waals surface area contributed by atoms with Crippen LogP contribution >= 0.6 is 0 Å². The van der Waals surface area contributed by atoms with Gasteiger partial charge in [-0.15, -0.1) is 0 Å². The number of carbonyl (C=O) groups is 3. The summed E-state index contributed by atoms with van der Waals surface area (Å²) in [6, 6.07) is 5.51. The van der Waals surface area contributed by atoms with Gasteiger partial charge in [-0.3, -0.25) is 14.5 Å². The number of nitrogens with zero attached hydrogens (tertiary/aromatic N) is 2. The van der Waals surface area contributed by atoms with E-state index in [-0.39, 0.29) is 5.91 Å². The first-order valence-corrected chi connectivity index (χ1v) is 11.0. The predicted octanol–water partition coefficient (Wildman–Crippen LogP) is 3.22. The van der Waals surface area contributed by atoms with Gasteiger partial charge in [0.1, 0.15) is 23.0 Å². The Bertz CT molecular complexity index is 991. The van der Waals surface area contributed by atoms with Gasteiger partial charge in [-0.05, 0) is 65.7 Å². The molecule has 0 unspecified atom stereocenters. The van der Waals surface area contributed by atoms with Crippen LogP contribution in [0.15, 0.2) is 18.2 Å². The van der Waals surface area contributed by atoms with E-state index in [1.54, 1.807) is 52.8 Å². The second kappa shape index (κ2) is 8.93. The third-order valence-electron chi connectivity index (χ3n) is 5.61. The quantitative estimate of drug-likeness (QED) is 0.692. The van der Waals surface area contributed by atoms with Crippen LogP contribution in [0.1, 0.15) is 71.6 Å². The van der Waals surface area contributed by atoms with Crippen LogP contribution in [0.2, 0.25) is 0 Å². The van der Waals surface area contributed by atoms with Crippen molar-refractivity contribution < 1.29 is 28.6 Å². The zero-order chi connectivity index (χ0) is 24.6. The van der Waals surface area contributed by atoms with E-state index >= 15 is 0 Å². The Morgan fingerprint density at radius 3 is 2.58 bits per heavy atom. The minimum absolute atomic E-state index is 0.383. The zero-order valence-electron chi connectivity index (χ0n) is 19.9. The summed E-state index contributed by atoms with van der Waals surface area (Å²) in [6.07, 6.45) is -0.243. The largest absolute Gasteiger partial charge is 0.484 e. The molecule has 0 aromatic heterocycles. The van der Waals surface area contributed by atoms with Gasteiger partial charge in [0.2, 0.25) is 5.91 Å². The number of hydrogen-bond donors (Lipinski definition) is 1. The molecular weight excluding hydrogens is 426 g/mol. The Morgan fingerprint density at radius 1 is 1.27 bits per heavy atom. The maximum absolute atomic E-state index is 13.4. The third-order valence-corrected chi connectivity index (χ3v) is 5.61. The fraction of sp³-hybridized carbons (Fsp3) is 0.583. The molecule has 33 heavy (non-hydrogen) atoms. The predicted molar refractivity (Wildman–Crippen MR) is 118 cm³/mol. The van der Waals surface area contributed by atoms with Crippen LogP contribution in [0.4, 0.5) is 4.79 Å². The number of nitriles is 1. The summed E-state index contributed by atoms with van der Waals surface area (Å²) in [7, 11) is 0. The van der Waals surface area contributed by atoms with E-state index in [0.29, 0.717) is 36.3 Å². The summed E-state index contributed by atoms with van der Waals surface area (Å²) in [5.74, 6) is -0.415. The topological polar surface area (TPSA) is 118 Å². The first kappa shape index (κ1) is 24.4. The second-order valence-electron chi connectivity index (χ2n) is 9.92. The number of benzene rings is 1. The third kappa shape index (κ3) is 5.38. The molecular formula is C24H31N3O6. The Hall–Kier alpha value is -3.28. The van der Waals surface area contributed by atoms with Gasteiger partial charge in [0.25, 0.3) is 0 Å². The number of ether oxygens (including phenoxy) is 3. The molecule has 3 rings (SSSR count). The summed E-state index contributed by atoms with van der Waals surface area (Å²) in [4.78, 5) is 39.4. The molecule has 0 saturated carbocycles. The molecule has 1 aromatic carbocycles. The number of nitrogens with one attached hydrogen (secondary N) is 1. The van der Waals surface area contributed by atoms with Gasteiger partial charge in [0, 0.05) is 19.0 Å². The first-order chi connectivity index (χ1) is 15.3. The lowest BCUT2D eigenvalue weighted by Gasteiger charge is -2.44. The fourth-order valence-corrected chi connectivity index (χ4v) is 4.23. The average Bonchev–Trinajstić information content (AvgIpc) is 3.18. The lowest BCUT2D eigenvalue weighted by atomic mass is 9.85. The molecule has 2 amide bonds. The molecule has 1 aromatic rings. The Balaban J connectivity index is 1.93. The molecule has 0 bridgehead atoms. The number of esters is 1. The lowest BCUT2D eigenvalue weighted by Crippen LogP contribution is -2.57. The average molecular weight is 458 g/mol. The molecule has 1 saturated heterocycles. The number of carbonyl (C=O) groups excluding carboxylic acids is 3. The van der Waals surface area contributed by atoms with E-state index in [1.165, 1.54) is 11.8 Å². The van der Waals surface area contributed by atoms with Crippen molar-refractivity contribution in [2.75, 3.05) is 6.54 Å². The standard InChI is InChI=1S/C24H31N3O6/c1-14(28)31-20-19(16-12-15(13-25)9-10-18(16)32-24(20,5)6)26-21(29)17-8-7-11-27(17)22(30)33-23(2,3)4/h9-10,12,17,19-20H,7-8,11H2,1-6H3,(H,26,29)/t17-,19+,20-/m0/s1. The fourth-order valence-electron chi connectivity index (χ4n) is 4.23. The Morgan fingerprint density at radius 2 is 1.97 bits per heavy atom. The molecule has 2 aliphatic rings. The first-order valence-electron chi connectivity index (χ1n) is 11.0. The van der Waals surface area contributed by atoms with Crippen molar-refractivity contribution in [3.8, 4) is 11.8 Å². The number of amides is 2. The van der Waals surface area contributed by atoms with Crippen LogP contribution in [0.3, 0.4) is 0 Å². The normalized spacial score (nSPS) is 23.5. The molecule has 9 nitrogen and oxygen atoms in total. The second-order valence-corrected chi connectivity index (χ2v) is 9.92. The van der Waals surface area contributed by atoms with Crippen LogP contribution < -0.4 is 10.1 Å². The summed E-state index contributed by atoms with van der Waals surface area (Å²) in [5.41, 5.74) is -0.715. The van der Waals surface area contributed by atoms with Gasteiger partial charge in [-0.25, -0.2) is 4.79 Å². The van der Waals surface area contributed by atoms with E-state index in [9.17, 15) is 19.6 Å². The Kier molecular flexibility index (Phi) is 6.59. The lowest BCUT2D eigenvalue weighted by molar-refractivity contribution is -0.164. The highest BCUT2D eigenvalue weighted by molar-refractivity contribution is 5.87. The molecule has 1 fully saturated rings. The number of likely N-dealkylation sites (tertiary alicyclic amines) is 1. The molecule has 1 N–H and O–H groups in total. The van der Waals surface area contributed by atoms with Crippen LogP contribution in [-0.2, 0) is 19.1 Å². The van der Waals surface area contributed by atoms with E-state index in [2.05, 4.69) is 11.4 Å². The van der Waals surface area contributed by atoms with Crippen LogP contribution in [0.5, 0.6) is 5.75 Å². The van der Waals surface area contributed by atoms with Crippen molar-refractivity contribution in [3.05, 3.63) is 29.3 Å². The molecule has 0 aliphatic carbocycles. The highest BCUT2D eigenvalue weighted by atomic mass is 16.6. The summed E-state index contributed by atoms with van der Waals surface area (Å²) in [6.45, 7) is 10.5. The molecule has 2 heterocycles. The van der Waals surface area contributed by atoms with E-state index in [0.717, 1.165) is 0 Å². The van der Waals surface area contributed by atoms with Gasteiger partial charge < -0.3 is 19.5 Å². The summed E-state index contributed by atoms with van der Waals surface area (Å²) >= 11 is 0. The minimum Gasteiger partial charge on any atom is -0.484 e. The maximum Gasteiger partial charge on any atom is 0.410 e. The molecule has 2 aliphatic heterocycles. The van der Waals surface area contributed by atoms with Gasteiger partial charge in [-0.1, -0.05) is 0 Å². The van der Waals surface area contributed by atoms with Crippen LogP contribution in [0.25, 0.3) is 0 Å². The van der Waals surface area contributed by atoms with Crippen molar-refractivity contribution >= 4 is 18.0 Å². The number of hydrogen-bond acceptors (Lipinski definition) is 7. The summed E-state index contributed by atoms with van der Waals surface area (Å²) in [5, 5.41) is 12.3. The number of fused-ring (bicyclic) bond motifs is 1. The van der Waals surface area contributed by atoms with Crippen molar-refractivity contribution in [2.45, 2.75) is 83.8 Å². The van der Waals surface area contributed by atoms with Crippen LogP contribution in [-0.4, -0.2) is 52.8 Å². The highest BCUT2D eigenvalue weighted by Crippen LogP contribution is 2.42. The highest BCUT2D eigenvalue weighted by Gasteiger charge is 2.48. The van der Waals surface area contributed by atoms with E-state index < -0.39 is 41.5 Å². The van der Waals surface area contributed by atoms with Gasteiger partial charge in [0.05, 0.1) is 17.7 Å². The monoisotopic (exact) mass is 457 g/mol. The van der Waals surface area contributed by atoms with Gasteiger partial charge in [0.15, 0.2) is 6.10 Å². The zero-order valence-corrected chi connectivity index (χ0v) is 19.9. The minimum atomic E-state index is -0.953. The van der Waals surface area contributed by atoms with Crippen molar-refractivity contribution in [2.24, 2.45) is 0 Å². The van der Waals surface area contributed by atoms with E-state index in [1.807, 2.05) is 0 Å². The molecule has 0 radical (unpaired) electrons. The maximum atomic E-state index is 13.4. The summed E-state index contributed by atoms with van der Waals surface area (Å²) < 4.78 is 17.1. The number of rotatable bonds is 3. The van der Waals surface area contributed by atoms with Gasteiger partial charge >= 0.3 is 12.1 Å². The Labute approximate surface area is 194 Å². The smallest absolute Gasteiger partial charge is 0.410 e. The van der Waals surface area contributed by atoms with Crippen molar-refractivity contribution in [3.63, 3.8) is 0 Å². The van der Waals surface area contributed by atoms with Crippen molar-refractivity contribution in [1.82, 2.24) is 10.2 Å². The molecule has 9 heteroatoms.